The van der Waals surface area contributed by atoms with Gasteiger partial charge in [0.25, 0.3) is 10.9 Å². The smallest absolute Gasteiger partial charge is 0.326 e. The molecular weight excluding hydrogens is 472 g/mol. The van der Waals surface area contributed by atoms with E-state index in [0.29, 0.717) is 23.9 Å². The molecule has 37 heavy (non-hydrogen) atoms. The van der Waals surface area contributed by atoms with Crippen LogP contribution in [0.4, 0.5) is 11.4 Å². The van der Waals surface area contributed by atoms with Gasteiger partial charge in [0.1, 0.15) is 23.2 Å². The van der Waals surface area contributed by atoms with Crippen molar-refractivity contribution in [2.24, 2.45) is 0 Å². The average molecular weight is 501 g/mol. The lowest BCUT2D eigenvalue weighted by Gasteiger charge is -2.37. The quantitative estimate of drug-likeness (QED) is 0.348. The maximum absolute atomic E-state index is 12.4. The lowest BCUT2D eigenvalue weighted by molar-refractivity contribution is -0.137. The minimum atomic E-state index is -1.10. The number of fused-ring (bicyclic) bond motifs is 1. The molecule has 5 rings (SSSR count). The number of carbonyl (C=O) groups is 1. The summed E-state index contributed by atoms with van der Waals surface area (Å²) in [6, 6.07) is 9.96. The summed E-state index contributed by atoms with van der Waals surface area (Å²) in [7, 11) is 0. The first-order chi connectivity index (χ1) is 17.8. The second-order valence-electron chi connectivity index (χ2n) is 9.57. The van der Waals surface area contributed by atoms with Crippen molar-refractivity contribution in [3.05, 3.63) is 80.5 Å². The zero-order valence-electron chi connectivity index (χ0n) is 20.7. The normalized spacial score (nSPS) is 16.6. The third-order valence-corrected chi connectivity index (χ3v) is 6.90. The van der Waals surface area contributed by atoms with Gasteiger partial charge in [0.05, 0.1) is 5.39 Å². The Morgan fingerprint density at radius 1 is 1.19 bits per heavy atom. The summed E-state index contributed by atoms with van der Waals surface area (Å²) >= 11 is 0. The molecule has 2 aromatic heterocycles. The molecule has 9 heteroatoms. The van der Waals surface area contributed by atoms with Gasteiger partial charge in [0.15, 0.2) is 0 Å². The number of aryl methyl sites for hydroxylation is 1. The van der Waals surface area contributed by atoms with Gasteiger partial charge in [-0.2, -0.15) is 0 Å². The van der Waals surface area contributed by atoms with E-state index in [9.17, 15) is 19.5 Å². The number of aromatic nitrogens is 2. The molecule has 190 valence electrons. The molecule has 1 unspecified atom stereocenters. The Kier molecular flexibility index (Phi) is 6.60. The van der Waals surface area contributed by atoms with Crippen LogP contribution in [0.15, 0.2) is 58.4 Å². The van der Waals surface area contributed by atoms with Crippen molar-refractivity contribution >= 4 is 28.1 Å². The average Bonchev–Trinajstić information content (AvgIpc) is 2.89. The fourth-order valence-electron chi connectivity index (χ4n) is 4.90. The first-order valence-corrected chi connectivity index (χ1v) is 12.4. The SMILES string of the molecule is Cc1cc2ccncc2c(Oc2ccc(CC(Nc3c(N4CCCC[C@@H]4C)c(=O)c3=O)C(=O)O)cc2)n1. The molecule has 0 bridgehead atoms. The number of benzene rings is 1. The van der Waals surface area contributed by atoms with E-state index in [1.54, 1.807) is 36.7 Å². The lowest BCUT2D eigenvalue weighted by Crippen LogP contribution is -2.49. The molecule has 2 atom stereocenters. The molecule has 0 saturated carbocycles. The van der Waals surface area contributed by atoms with Crippen molar-refractivity contribution in [1.29, 1.82) is 0 Å². The van der Waals surface area contributed by atoms with Crippen molar-refractivity contribution in [2.45, 2.75) is 51.6 Å². The molecule has 1 fully saturated rings. The fraction of sp³-hybridized carbons (Fsp3) is 0.321. The number of pyridine rings is 2. The van der Waals surface area contributed by atoms with Crippen LogP contribution in [-0.4, -0.2) is 39.7 Å². The van der Waals surface area contributed by atoms with Crippen molar-refractivity contribution < 1.29 is 14.6 Å². The van der Waals surface area contributed by atoms with Gasteiger partial charge in [-0.3, -0.25) is 14.6 Å². The number of hydrogen-bond donors (Lipinski definition) is 2. The number of anilines is 2. The summed E-state index contributed by atoms with van der Waals surface area (Å²) in [6.45, 7) is 4.59. The standard InChI is InChI=1S/C28H28N4O5/c1-16-13-19-10-11-29-15-21(19)27(30-16)37-20-8-6-18(7-9-20)14-22(28(35)36)31-23-24(26(34)25(23)33)32-12-4-3-5-17(32)2/h6-11,13,15,17,22,31H,3-5,12,14H2,1-2H3,(H,35,36)/t17-,22?/m0/s1. The summed E-state index contributed by atoms with van der Waals surface area (Å²) < 4.78 is 6.01. The van der Waals surface area contributed by atoms with Crippen LogP contribution in [0.25, 0.3) is 10.8 Å². The number of hydrogen-bond acceptors (Lipinski definition) is 8. The van der Waals surface area contributed by atoms with Crippen LogP contribution in [0.2, 0.25) is 0 Å². The second kappa shape index (κ2) is 10.0. The van der Waals surface area contributed by atoms with Crippen LogP contribution in [0, 0.1) is 6.92 Å². The van der Waals surface area contributed by atoms with Crippen LogP contribution in [0.1, 0.15) is 37.4 Å². The Hall–Kier alpha value is -4.27. The maximum Gasteiger partial charge on any atom is 0.326 e. The van der Waals surface area contributed by atoms with E-state index >= 15 is 0 Å². The molecule has 2 N–H and O–H groups in total. The van der Waals surface area contributed by atoms with Gasteiger partial charge in [-0.15, -0.1) is 0 Å². The zero-order valence-corrected chi connectivity index (χ0v) is 20.7. The van der Waals surface area contributed by atoms with E-state index in [0.717, 1.165) is 41.3 Å². The van der Waals surface area contributed by atoms with Crippen LogP contribution in [-0.2, 0) is 11.2 Å². The predicted molar refractivity (Wildman–Crippen MR) is 142 cm³/mol. The first-order valence-electron chi connectivity index (χ1n) is 12.4. The number of nitrogens with one attached hydrogen (secondary N) is 1. The highest BCUT2D eigenvalue weighted by Crippen LogP contribution is 2.30. The van der Waals surface area contributed by atoms with E-state index in [1.807, 2.05) is 30.9 Å². The van der Waals surface area contributed by atoms with Crippen molar-refractivity contribution in [1.82, 2.24) is 9.97 Å². The van der Waals surface area contributed by atoms with Gasteiger partial charge < -0.3 is 20.1 Å². The highest BCUT2D eigenvalue weighted by Gasteiger charge is 2.32. The Morgan fingerprint density at radius 2 is 1.97 bits per heavy atom. The molecule has 0 radical (unpaired) electrons. The topological polar surface area (TPSA) is 122 Å². The van der Waals surface area contributed by atoms with Gasteiger partial charge in [-0.05, 0) is 68.3 Å². The number of ether oxygens (including phenoxy) is 1. The number of nitrogens with zero attached hydrogens (tertiary/aromatic N) is 3. The number of carboxylic acid groups (broad SMARTS) is 1. The highest BCUT2D eigenvalue weighted by molar-refractivity contribution is 5.86. The number of rotatable bonds is 8. The van der Waals surface area contributed by atoms with Crippen molar-refractivity contribution in [2.75, 3.05) is 16.8 Å². The van der Waals surface area contributed by atoms with Crippen LogP contribution < -0.4 is 25.8 Å². The molecule has 3 heterocycles. The molecule has 2 aromatic carbocycles. The van der Waals surface area contributed by atoms with Crippen LogP contribution in [0.3, 0.4) is 0 Å². The maximum atomic E-state index is 12.4. The number of carboxylic acids is 1. The van der Waals surface area contributed by atoms with Gasteiger partial charge in [0, 0.05) is 37.1 Å². The molecule has 0 spiro atoms. The largest absolute Gasteiger partial charge is 0.480 e. The summed E-state index contributed by atoms with van der Waals surface area (Å²) in [5.74, 6) is -0.106. The monoisotopic (exact) mass is 500 g/mol. The van der Waals surface area contributed by atoms with Crippen molar-refractivity contribution in [3.63, 3.8) is 0 Å². The first kappa shape index (κ1) is 24.4. The van der Waals surface area contributed by atoms with Crippen molar-refractivity contribution in [3.8, 4) is 11.6 Å². The van der Waals surface area contributed by atoms with Crippen LogP contribution >= 0.6 is 0 Å². The lowest BCUT2D eigenvalue weighted by atomic mass is 9.99. The zero-order chi connectivity index (χ0) is 26.1. The molecule has 1 aliphatic rings. The van der Waals surface area contributed by atoms with E-state index < -0.39 is 22.9 Å². The molecule has 4 aromatic rings. The van der Waals surface area contributed by atoms with E-state index in [1.165, 1.54) is 0 Å². The van der Waals surface area contributed by atoms with Gasteiger partial charge in [-0.25, -0.2) is 9.78 Å². The predicted octanol–water partition coefficient (Wildman–Crippen LogP) is 3.81. The van der Waals surface area contributed by atoms with Gasteiger partial charge in [0.2, 0.25) is 5.88 Å². The van der Waals surface area contributed by atoms with Gasteiger partial charge in [-0.1, -0.05) is 12.1 Å². The molecule has 1 aliphatic heterocycles. The van der Waals surface area contributed by atoms with E-state index in [4.69, 9.17) is 4.74 Å². The Balaban J connectivity index is 1.32. The third-order valence-electron chi connectivity index (χ3n) is 6.90. The van der Waals surface area contributed by atoms with E-state index in [-0.39, 0.29) is 18.2 Å². The summed E-state index contributed by atoms with van der Waals surface area (Å²) in [5, 5.41) is 14.5. The minimum Gasteiger partial charge on any atom is -0.480 e. The molecule has 1 saturated heterocycles. The number of aliphatic carboxylic acids is 1. The van der Waals surface area contributed by atoms with E-state index in [2.05, 4.69) is 15.3 Å². The highest BCUT2D eigenvalue weighted by atomic mass is 16.5. The second-order valence-corrected chi connectivity index (χ2v) is 9.57. The fourth-order valence-corrected chi connectivity index (χ4v) is 4.90. The molecule has 0 aliphatic carbocycles. The van der Waals surface area contributed by atoms with Gasteiger partial charge >= 0.3 is 5.97 Å². The van der Waals surface area contributed by atoms with Crippen LogP contribution in [0.5, 0.6) is 11.6 Å². The summed E-state index contributed by atoms with van der Waals surface area (Å²) in [5.41, 5.74) is 0.779. The summed E-state index contributed by atoms with van der Waals surface area (Å²) in [6.07, 6.45) is 6.48. The Labute approximate surface area is 213 Å². The third kappa shape index (κ3) is 4.89. The minimum absolute atomic E-state index is 0.108. The molecule has 9 nitrogen and oxygen atoms in total. The Bertz CT molecular complexity index is 1520. The molecular formula is C28H28N4O5. The summed E-state index contributed by atoms with van der Waals surface area (Å²) in [4.78, 5) is 47.3. The molecule has 0 amide bonds. The number of piperidine rings is 1. The Morgan fingerprint density at radius 3 is 2.70 bits per heavy atom.